The van der Waals surface area contributed by atoms with Crippen molar-refractivity contribution in [2.24, 2.45) is 0 Å². The molecule has 0 aliphatic heterocycles. The first kappa shape index (κ1) is 17.7. The van der Waals surface area contributed by atoms with Crippen LogP contribution in [-0.4, -0.2) is 41.4 Å². The summed E-state index contributed by atoms with van der Waals surface area (Å²) >= 11 is 0. The molecule has 0 unspecified atom stereocenters. The van der Waals surface area contributed by atoms with Crippen LogP contribution in [0.1, 0.15) is 33.5 Å². The highest BCUT2D eigenvalue weighted by atomic mass is 32.2. The van der Waals surface area contributed by atoms with Crippen molar-refractivity contribution in [1.29, 1.82) is 0 Å². The van der Waals surface area contributed by atoms with Gasteiger partial charge in [-0.15, -0.1) is 0 Å². The van der Waals surface area contributed by atoms with Crippen molar-refractivity contribution in [1.82, 2.24) is 9.78 Å². The first-order chi connectivity index (χ1) is 11.1. The smallest absolute Gasteiger partial charge is 0.335 e. The van der Waals surface area contributed by atoms with E-state index in [4.69, 9.17) is 5.11 Å². The lowest BCUT2D eigenvalue weighted by Gasteiger charge is -2.09. The highest BCUT2D eigenvalue weighted by molar-refractivity contribution is 7.90. The molecule has 0 saturated carbocycles. The van der Waals surface area contributed by atoms with E-state index in [1.54, 1.807) is 13.0 Å². The van der Waals surface area contributed by atoms with Gasteiger partial charge in [0.15, 0.2) is 9.84 Å². The first-order valence-electron chi connectivity index (χ1n) is 7.06. The van der Waals surface area contributed by atoms with Crippen molar-refractivity contribution in [3.05, 3.63) is 41.2 Å². The number of carboxylic acids is 1. The summed E-state index contributed by atoms with van der Waals surface area (Å²) in [4.78, 5) is 23.4. The van der Waals surface area contributed by atoms with Crippen molar-refractivity contribution >= 4 is 27.4 Å². The molecule has 9 heteroatoms. The van der Waals surface area contributed by atoms with Gasteiger partial charge in [0.05, 0.1) is 16.2 Å². The van der Waals surface area contributed by atoms with Gasteiger partial charge in [-0.05, 0) is 38.1 Å². The molecule has 0 saturated heterocycles. The molecule has 1 heterocycles. The summed E-state index contributed by atoms with van der Waals surface area (Å²) in [6.07, 6.45) is 0.967. The van der Waals surface area contributed by atoms with Crippen LogP contribution >= 0.6 is 0 Å². The van der Waals surface area contributed by atoms with E-state index in [0.717, 1.165) is 12.3 Å². The molecule has 8 nitrogen and oxygen atoms in total. The van der Waals surface area contributed by atoms with Gasteiger partial charge in [-0.2, -0.15) is 5.10 Å². The lowest BCUT2D eigenvalue weighted by molar-refractivity contribution is 0.0696. The molecule has 0 aliphatic rings. The number of hydrogen-bond acceptors (Lipinski definition) is 5. The van der Waals surface area contributed by atoms with Gasteiger partial charge in [0.2, 0.25) is 0 Å². The molecule has 0 atom stereocenters. The molecule has 1 aromatic carbocycles. The van der Waals surface area contributed by atoms with Gasteiger partial charge in [0, 0.05) is 18.5 Å². The standard InChI is InChI=1S/C15H17N3O5S/c1-4-18-13(5-9(2)17-18)14(19)16-11-6-10(15(20)21)7-12(8-11)24(3,22)23/h5-8H,4H2,1-3H3,(H,16,19)(H,20,21). The number of benzene rings is 1. The average molecular weight is 351 g/mol. The highest BCUT2D eigenvalue weighted by Crippen LogP contribution is 2.20. The second-order valence-electron chi connectivity index (χ2n) is 5.26. The van der Waals surface area contributed by atoms with E-state index in [1.165, 1.54) is 16.8 Å². The Hall–Kier alpha value is -2.68. The molecular formula is C15H17N3O5S. The van der Waals surface area contributed by atoms with Crippen LogP contribution in [0.4, 0.5) is 5.69 Å². The normalized spacial score (nSPS) is 11.3. The van der Waals surface area contributed by atoms with Gasteiger partial charge < -0.3 is 10.4 Å². The summed E-state index contributed by atoms with van der Waals surface area (Å²) in [7, 11) is -3.62. The molecule has 1 amide bonds. The Balaban J connectivity index is 2.43. The third-order valence-corrected chi connectivity index (χ3v) is 4.37. The molecule has 2 rings (SSSR count). The van der Waals surface area contributed by atoms with Crippen molar-refractivity contribution in [3.63, 3.8) is 0 Å². The minimum atomic E-state index is -3.62. The molecule has 1 aromatic heterocycles. The second kappa shape index (κ2) is 6.44. The predicted octanol–water partition coefficient (Wildman–Crippen LogP) is 1.57. The predicted molar refractivity (Wildman–Crippen MR) is 87.1 cm³/mol. The Bertz CT molecular complexity index is 915. The molecule has 0 fully saturated rings. The quantitative estimate of drug-likeness (QED) is 0.844. The van der Waals surface area contributed by atoms with Crippen molar-refractivity contribution < 1.29 is 23.1 Å². The number of nitrogens with one attached hydrogen (secondary N) is 1. The number of carboxylic acid groups (broad SMARTS) is 1. The Morgan fingerprint density at radius 1 is 1.25 bits per heavy atom. The van der Waals surface area contributed by atoms with Gasteiger partial charge in [-0.3, -0.25) is 9.48 Å². The van der Waals surface area contributed by atoms with E-state index in [1.807, 2.05) is 6.92 Å². The average Bonchev–Trinajstić information content (AvgIpc) is 2.87. The molecule has 2 aromatic rings. The maximum absolute atomic E-state index is 12.4. The SMILES string of the molecule is CCn1nc(C)cc1C(=O)Nc1cc(C(=O)O)cc(S(C)(=O)=O)c1. The molecular weight excluding hydrogens is 334 g/mol. The number of aryl methyl sites for hydroxylation is 2. The monoisotopic (exact) mass is 351 g/mol. The first-order valence-corrected chi connectivity index (χ1v) is 8.95. The number of sulfone groups is 1. The Labute approximate surface area is 139 Å². The number of aromatic nitrogens is 2. The molecule has 0 radical (unpaired) electrons. The third-order valence-electron chi connectivity index (χ3n) is 3.27. The van der Waals surface area contributed by atoms with E-state index in [9.17, 15) is 18.0 Å². The maximum Gasteiger partial charge on any atom is 0.335 e. The zero-order valence-electron chi connectivity index (χ0n) is 13.4. The number of rotatable bonds is 5. The lowest BCUT2D eigenvalue weighted by atomic mass is 10.2. The molecule has 0 bridgehead atoms. The zero-order valence-corrected chi connectivity index (χ0v) is 14.2. The van der Waals surface area contributed by atoms with Crippen LogP contribution in [0.3, 0.4) is 0 Å². The van der Waals surface area contributed by atoms with E-state index < -0.39 is 21.7 Å². The van der Waals surface area contributed by atoms with Crippen LogP contribution in [0.15, 0.2) is 29.2 Å². The fourth-order valence-corrected chi connectivity index (χ4v) is 2.86. The van der Waals surface area contributed by atoms with Crippen LogP contribution in [0.25, 0.3) is 0 Å². The number of carbonyl (C=O) groups is 2. The largest absolute Gasteiger partial charge is 0.478 e. The molecule has 0 spiro atoms. The minimum absolute atomic E-state index is 0.0850. The number of nitrogens with zero attached hydrogens (tertiary/aromatic N) is 2. The summed E-state index contributed by atoms with van der Waals surface area (Å²) < 4.78 is 24.9. The van der Waals surface area contributed by atoms with Gasteiger partial charge in [-0.1, -0.05) is 0 Å². The number of anilines is 1. The fraction of sp³-hybridized carbons (Fsp3) is 0.267. The topological polar surface area (TPSA) is 118 Å². The second-order valence-corrected chi connectivity index (χ2v) is 7.28. The maximum atomic E-state index is 12.4. The van der Waals surface area contributed by atoms with Gasteiger partial charge in [-0.25, -0.2) is 13.2 Å². The van der Waals surface area contributed by atoms with E-state index in [-0.39, 0.29) is 16.1 Å². The van der Waals surface area contributed by atoms with Gasteiger partial charge in [0.1, 0.15) is 5.69 Å². The number of aromatic carboxylic acids is 1. The number of hydrogen-bond donors (Lipinski definition) is 2. The van der Waals surface area contributed by atoms with Gasteiger partial charge in [0.25, 0.3) is 5.91 Å². The van der Waals surface area contributed by atoms with Crippen LogP contribution in [0, 0.1) is 6.92 Å². The Morgan fingerprint density at radius 3 is 2.46 bits per heavy atom. The molecule has 0 aliphatic carbocycles. The lowest BCUT2D eigenvalue weighted by Crippen LogP contribution is -2.18. The molecule has 128 valence electrons. The third kappa shape index (κ3) is 3.80. The van der Waals surface area contributed by atoms with E-state index >= 15 is 0 Å². The summed E-state index contributed by atoms with van der Waals surface area (Å²) in [6, 6.07) is 5.07. The highest BCUT2D eigenvalue weighted by Gasteiger charge is 2.17. The fourth-order valence-electron chi connectivity index (χ4n) is 2.17. The van der Waals surface area contributed by atoms with Crippen LogP contribution < -0.4 is 5.32 Å². The van der Waals surface area contributed by atoms with Crippen molar-refractivity contribution in [2.45, 2.75) is 25.3 Å². The van der Waals surface area contributed by atoms with E-state index in [0.29, 0.717) is 17.9 Å². The summed E-state index contributed by atoms with van der Waals surface area (Å²) in [5.74, 6) is -1.79. The minimum Gasteiger partial charge on any atom is -0.478 e. The summed E-state index contributed by atoms with van der Waals surface area (Å²) in [5.41, 5.74) is 0.824. The van der Waals surface area contributed by atoms with E-state index in [2.05, 4.69) is 10.4 Å². The van der Waals surface area contributed by atoms with Crippen LogP contribution in [-0.2, 0) is 16.4 Å². The van der Waals surface area contributed by atoms with Crippen LogP contribution in [0.2, 0.25) is 0 Å². The summed E-state index contributed by atoms with van der Waals surface area (Å²) in [6.45, 7) is 4.06. The summed E-state index contributed by atoms with van der Waals surface area (Å²) in [5, 5.41) is 15.8. The number of carbonyl (C=O) groups excluding carboxylic acids is 1. The Kier molecular flexibility index (Phi) is 4.74. The molecule has 24 heavy (non-hydrogen) atoms. The Morgan fingerprint density at radius 2 is 1.92 bits per heavy atom. The number of amides is 1. The van der Waals surface area contributed by atoms with Gasteiger partial charge >= 0.3 is 5.97 Å². The molecule has 2 N–H and O–H groups in total. The van der Waals surface area contributed by atoms with Crippen molar-refractivity contribution in [3.8, 4) is 0 Å². The van der Waals surface area contributed by atoms with Crippen molar-refractivity contribution in [2.75, 3.05) is 11.6 Å². The van der Waals surface area contributed by atoms with Crippen LogP contribution in [0.5, 0.6) is 0 Å². The zero-order chi connectivity index (χ0) is 18.1.